The summed E-state index contributed by atoms with van der Waals surface area (Å²) in [6, 6.07) is 4.74. The fraction of sp³-hybridized carbons (Fsp3) is 0.412. The van der Waals surface area contributed by atoms with Gasteiger partial charge in [0.2, 0.25) is 5.91 Å². The molecule has 2 rings (SSSR count). The summed E-state index contributed by atoms with van der Waals surface area (Å²) >= 11 is 0. The maximum Gasteiger partial charge on any atom is 0.303 e. The fourth-order valence-electron chi connectivity index (χ4n) is 2.46. The molecule has 0 radical (unpaired) electrons. The lowest BCUT2D eigenvalue weighted by atomic mass is 10.1. The van der Waals surface area contributed by atoms with Crippen LogP contribution in [0.25, 0.3) is 0 Å². The summed E-state index contributed by atoms with van der Waals surface area (Å²) in [6.07, 6.45) is -0.478. The van der Waals surface area contributed by atoms with Crippen LogP contribution in [0.1, 0.15) is 37.0 Å². The van der Waals surface area contributed by atoms with Gasteiger partial charge in [0.15, 0.2) is 11.9 Å². The molecule has 8 heteroatoms. The molecule has 0 spiro atoms. The molecule has 2 amide bonds. The minimum Gasteiger partial charge on any atom is -0.481 e. The minimum atomic E-state index is -0.933. The quantitative estimate of drug-likeness (QED) is 0.561. The van der Waals surface area contributed by atoms with Crippen LogP contribution >= 0.6 is 0 Å². The van der Waals surface area contributed by atoms with Gasteiger partial charge in [0.25, 0.3) is 5.91 Å². The van der Waals surface area contributed by atoms with Crippen LogP contribution in [0.15, 0.2) is 18.2 Å². The van der Waals surface area contributed by atoms with Crippen LogP contribution in [-0.4, -0.2) is 47.9 Å². The molecule has 0 aromatic heterocycles. The number of amides is 2. The Morgan fingerprint density at radius 1 is 1.32 bits per heavy atom. The predicted octanol–water partition coefficient (Wildman–Crippen LogP) is 0.984. The van der Waals surface area contributed by atoms with Gasteiger partial charge >= 0.3 is 5.97 Å². The van der Waals surface area contributed by atoms with Gasteiger partial charge in [0.05, 0.1) is 5.69 Å². The summed E-state index contributed by atoms with van der Waals surface area (Å²) in [5.74, 6) is -1.46. The van der Waals surface area contributed by atoms with Crippen LogP contribution < -0.4 is 15.0 Å². The van der Waals surface area contributed by atoms with Crippen LogP contribution in [0, 0.1) is 0 Å². The van der Waals surface area contributed by atoms with E-state index in [0.29, 0.717) is 23.4 Å². The maximum absolute atomic E-state index is 12.4. The van der Waals surface area contributed by atoms with Crippen molar-refractivity contribution < 1.29 is 29.0 Å². The summed E-state index contributed by atoms with van der Waals surface area (Å²) in [6.45, 7) is 2.98. The normalized spacial score (nSPS) is 16.0. The van der Waals surface area contributed by atoms with Gasteiger partial charge in [-0.3, -0.25) is 24.1 Å². The Kier molecular flexibility index (Phi) is 5.74. The summed E-state index contributed by atoms with van der Waals surface area (Å²) in [5, 5.41) is 11.2. The van der Waals surface area contributed by atoms with E-state index in [-0.39, 0.29) is 31.2 Å². The van der Waals surface area contributed by atoms with Crippen LogP contribution in [0.2, 0.25) is 0 Å². The van der Waals surface area contributed by atoms with Crippen molar-refractivity contribution in [1.29, 1.82) is 0 Å². The van der Waals surface area contributed by atoms with E-state index in [4.69, 9.17) is 9.84 Å². The number of nitrogens with one attached hydrogen (secondary N) is 1. The number of anilines is 1. The smallest absolute Gasteiger partial charge is 0.303 e. The number of carboxylic acids is 1. The van der Waals surface area contributed by atoms with Crippen molar-refractivity contribution in [3.63, 3.8) is 0 Å². The lowest BCUT2D eigenvalue weighted by molar-refractivity contribution is -0.137. The molecule has 0 saturated carbocycles. The first-order valence-corrected chi connectivity index (χ1v) is 7.91. The number of ether oxygens (including phenoxy) is 1. The number of Topliss-reactive ketones (excluding diaryl/α,β-unsaturated/α-hetero) is 1. The molecule has 0 fully saturated rings. The van der Waals surface area contributed by atoms with E-state index in [1.165, 1.54) is 17.9 Å². The third-order valence-corrected chi connectivity index (χ3v) is 3.77. The lowest BCUT2D eigenvalue weighted by Gasteiger charge is -2.32. The van der Waals surface area contributed by atoms with Crippen LogP contribution in [-0.2, 0) is 14.4 Å². The van der Waals surface area contributed by atoms with Gasteiger partial charge in [-0.1, -0.05) is 0 Å². The Morgan fingerprint density at radius 2 is 2.04 bits per heavy atom. The SMILES string of the molecule is CC(=O)c1ccc2c(c1)N(CC(=O)NCCCC(=O)O)C(=O)C(C)O2. The molecule has 0 bridgehead atoms. The third kappa shape index (κ3) is 4.56. The van der Waals surface area contributed by atoms with E-state index < -0.39 is 18.0 Å². The number of benzene rings is 1. The molecule has 1 aliphatic rings. The van der Waals surface area contributed by atoms with Crippen LogP contribution in [0.5, 0.6) is 5.75 Å². The van der Waals surface area contributed by atoms with E-state index in [9.17, 15) is 19.2 Å². The van der Waals surface area contributed by atoms with Crippen LogP contribution in [0.4, 0.5) is 5.69 Å². The molecule has 8 nitrogen and oxygen atoms in total. The molecular weight excluding hydrogens is 328 g/mol. The third-order valence-electron chi connectivity index (χ3n) is 3.77. The zero-order chi connectivity index (χ0) is 18.6. The zero-order valence-electron chi connectivity index (χ0n) is 14.1. The van der Waals surface area contributed by atoms with Crippen molar-refractivity contribution in [3.8, 4) is 5.75 Å². The Hall–Kier alpha value is -2.90. The Morgan fingerprint density at radius 3 is 2.68 bits per heavy atom. The molecule has 25 heavy (non-hydrogen) atoms. The van der Waals surface area contributed by atoms with Crippen molar-refractivity contribution in [2.75, 3.05) is 18.0 Å². The van der Waals surface area contributed by atoms with Gasteiger partial charge < -0.3 is 15.2 Å². The summed E-state index contributed by atoms with van der Waals surface area (Å²) < 4.78 is 5.52. The molecular formula is C17H20N2O6. The summed E-state index contributed by atoms with van der Waals surface area (Å²) in [7, 11) is 0. The van der Waals surface area contributed by atoms with Gasteiger partial charge in [0.1, 0.15) is 12.3 Å². The Bertz CT molecular complexity index is 715. The number of aliphatic carboxylic acids is 1. The summed E-state index contributed by atoms with van der Waals surface area (Å²) in [4.78, 5) is 47.8. The first-order valence-electron chi connectivity index (χ1n) is 7.91. The minimum absolute atomic E-state index is 0.0431. The summed E-state index contributed by atoms with van der Waals surface area (Å²) in [5.41, 5.74) is 0.785. The van der Waals surface area contributed by atoms with Gasteiger partial charge in [-0.2, -0.15) is 0 Å². The Labute approximate surface area is 144 Å². The average Bonchev–Trinajstić information content (AvgIpc) is 2.55. The van der Waals surface area contributed by atoms with Crippen molar-refractivity contribution in [2.45, 2.75) is 32.8 Å². The lowest BCUT2D eigenvalue weighted by Crippen LogP contribution is -2.49. The second-order valence-electron chi connectivity index (χ2n) is 5.77. The van der Waals surface area contributed by atoms with E-state index >= 15 is 0 Å². The second kappa shape index (κ2) is 7.78. The molecule has 2 N–H and O–H groups in total. The van der Waals surface area contributed by atoms with Gasteiger partial charge in [-0.25, -0.2) is 0 Å². The highest BCUT2D eigenvalue weighted by Crippen LogP contribution is 2.34. The predicted molar refractivity (Wildman–Crippen MR) is 88.8 cm³/mol. The number of rotatable bonds is 7. The van der Waals surface area contributed by atoms with E-state index in [1.54, 1.807) is 19.1 Å². The molecule has 1 unspecified atom stereocenters. The second-order valence-corrected chi connectivity index (χ2v) is 5.77. The average molecular weight is 348 g/mol. The number of carbonyl (C=O) groups is 4. The first kappa shape index (κ1) is 18.4. The Balaban J connectivity index is 2.12. The number of hydrogen-bond acceptors (Lipinski definition) is 5. The highest BCUT2D eigenvalue weighted by molar-refractivity contribution is 6.05. The largest absolute Gasteiger partial charge is 0.481 e. The first-order chi connectivity index (χ1) is 11.8. The van der Waals surface area contributed by atoms with Gasteiger partial charge in [-0.05, 0) is 38.5 Å². The number of carbonyl (C=O) groups excluding carboxylic acids is 3. The maximum atomic E-state index is 12.4. The van der Waals surface area contributed by atoms with Crippen molar-refractivity contribution in [2.24, 2.45) is 0 Å². The van der Waals surface area contributed by atoms with E-state index in [1.807, 2.05) is 0 Å². The molecule has 134 valence electrons. The number of carboxylic acid groups (broad SMARTS) is 1. The van der Waals surface area contributed by atoms with E-state index in [0.717, 1.165) is 0 Å². The van der Waals surface area contributed by atoms with E-state index in [2.05, 4.69) is 5.32 Å². The number of nitrogens with zero attached hydrogens (tertiary/aromatic N) is 1. The van der Waals surface area contributed by atoms with Crippen molar-refractivity contribution >= 4 is 29.3 Å². The number of hydrogen-bond donors (Lipinski definition) is 2. The van der Waals surface area contributed by atoms with Crippen molar-refractivity contribution in [1.82, 2.24) is 5.32 Å². The van der Waals surface area contributed by atoms with Gasteiger partial charge in [0, 0.05) is 18.5 Å². The molecule has 1 aromatic carbocycles. The monoisotopic (exact) mass is 348 g/mol. The molecule has 0 saturated heterocycles. The standard InChI is InChI=1S/C17H20N2O6/c1-10(20)12-5-6-14-13(8-12)19(17(24)11(2)25-14)9-15(21)18-7-3-4-16(22)23/h5-6,8,11H,3-4,7,9H2,1-2H3,(H,18,21)(H,22,23). The van der Waals surface area contributed by atoms with Gasteiger partial charge in [-0.15, -0.1) is 0 Å². The number of fused-ring (bicyclic) bond motifs is 1. The van der Waals surface area contributed by atoms with Crippen molar-refractivity contribution in [3.05, 3.63) is 23.8 Å². The molecule has 1 aliphatic heterocycles. The highest BCUT2D eigenvalue weighted by atomic mass is 16.5. The topological polar surface area (TPSA) is 113 Å². The highest BCUT2D eigenvalue weighted by Gasteiger charge is 2.33. The zero-order valence-corrected chi connectivity index (χ0v) is 14.1. The fourth-order valence-corrected chi connectivity index (χ4v) is 2.46. The molecule has 0 aliphatic carbocycles. The molecule has 1 heterocycles. The molecule has 1 atom stereocenters. The van der Waals surface area contributed by atoms with Crippen LogP contribution in [0.3, 0.4) is 0 Å². The molecule has 1 aromatic rings. The number of ketones is 1.